The lowest BCUT2D eigenvalue weighted by Gasteiger charge is -1.84. The standard InChI is InChI=1S/C5H7ClN2/c6-2-1-5-7-3-4-8-5/h3-4H,1-2H2,(H,7,8). The van der Waals surface area contributed by atoms with Gasteiger partial charge in [-0.3, -0.25) is 0 Å². The highest BCUT2D eigenvalue weighted by atomic mass is 35.5. The van der Waals surface area contributed by atoms with Crippen LogP contribution in [-0.4, -0.2) is 15.8 Å². The molecule has 0 unspecified atom stereocenters. The molecule has 3 heteroatoms. The second-order valence-electron chi connectivity index (χ2n) is 1.47. The van der Waals surface area contributed by atoms with Crippen molar-refractivity contribution in [2.24, 2.45) is 0 Å². The summed E-state index contributed by atoms with van der Waals surface area (Å²) in [4.78, 5) is 6.91. The Balaban J connectivity index is 2.50. The van der Waals surface area contributed by atoms with Crippen molar-refractivity contribution in [1.82, 2.24) is 9.97 Å². The maximum Gasteiger partial charge on any atom is 0.107 e. The van der Waals surface area contributed by atoms with Crippen molar-refractivity contribution >= 4 is 11.6 Å². The Morgan fingerprint density at radius 1 is 1.75 bits per heavy atom. The van der Waals surface area contributed by atoms with Crippen molar-refractivity contribution in [2.75, 3.05) is 5.88 Å². The minimum Gasteiger partial charge on any atom is -0.349 e. The van der Waals surface area contributed by atoms with Crippen LogP contribution in [0.1, 0.15) is 5.82 Å². The zero-order valence-corrected chi connectivity index (χ0v) is 5.15. The molecule has 0 aliphatic rings. The first kappa shape index (κ1) is 5.63. The van der Waals surface area contributed by atoms with Gasteiger partial charge in [0.15, 0.2) is 0 Å². The number of hydrogen-bond donors (Lipinski definition) is 1. The molecule has 0 saturated heterocycles. The summed E-state index contributed by atoms with van der Waals surface area (Å²) in [7, 11) is 0. The van der Waals surface area contributed by atoms with Gasteiger partial charge in [0.1, 0.15) is 5.82 Å². The second-order valence-corrected chi connectivity index (χ2v) is 1.85. The van der Waals surface area contributed by atoms with Crippen LogP contribution in [0.2, 0.25) is 0 Å². The van der Waals surface area contributed by atoms with Crippen LogP contribution in [0.5, 0.6) is 0 Å². The topological polar surface area (TPSA) is 28.7 Å². The molecule has 0 aliphatic carbocycles. The van der Waals surface area contributed by atoms with E-state index in [-0.39, 0.29) is 0 Å². The Hall–Kier alpha value is -0.500. The smallest absolute Gasteiger partial charge is 0.107 e. The number of nitrogens with one attached hydrogen (secondary N) is 1. The van der Waals surface area contributed by atoms with E-state index in [1.807, 2.05) is 0 Å². The van der Waals surface area contributed by atoms with Gasteiger partial charge in [0, 0.05) is 24.7 Å². The molecule has 44 valence electrons. The molecule has 2 nitrogen and oxygen atoms in total. The third-order valence-corrected chi connectivity index (χ3v) is 1.08. The maximum absolute atomic E-state index is 5.43. The van der Waals surface area contributed by atoms with E-state index in [9.17, 15) is 0 Å². The zero-order valence-electron chi connectivity index (χ0n) is 4.39. The molecular weight excluding hydrogens is 124 g/mol. The first-order chi connectivity index (χ1) is 3.93. The van der Waals surface area contributed by atoms with Gasteiger partial charge in [-0.15, -0.1) is 11.6 Å². The summed E-state index contributed by atoms with van der Waals surface area (Å²) in [5.41, 5.74) is 0. The quantitative estimate of drug-likeness (QED) is 0.599. The second kappa shape index (κ2) is 2.72. The van der Waals surface area contributed by atoms with Gasteiger partial charge in [-0.2, -0.15) is 0 Å². The third kappa shape index (κ3) is 1.23. The zero-order chi connectivity index (χ0) is 5.82. The molecule has 0 aliphatic heterocycles. The number of H-pyrrole nitrogens is 1. The van der Waals surface area contributed by atoms with Gasteiger partial charge < -0.3 is 4.98 Å². The SMILES string of the molecule is ClCCc1ncc[nH]1. The molecule has 1 aromatic rings. The summed E-state index contributed by atoms with van der Waals surface area (Å²) in [6.45, 7) is 0. The summed E-state index contributed by atoms with van der Waals surface area (Å²) < 4.78 is 0. The molecule has 1 aromatic heterocycles. The van der Waals surface area contributed by atoms with Crippen LogP contribution >= 0.6 is 11.6 Å². The number of aryl methyl sites for hydroxylation is 1. The fourth-order valence-electron chi connectivity index (χ4n) is 0.524. The molecule has 8 heavy (non-hydrogen) atoms. The minimum atomic E-state index is 0.632. The van der Waals surface area contributed by atoms with Crippen LogP contribution < -0.4 is 0 Å². The number of aromatic nitrogens is 2. The summed E-state index contributed by atoms with van der Waals surface area (Å²) in [5.74, 6) is 1.59. The third-order valence-electron chi connectivity index (χ3n) is 0.886. The van der Waals surface area contributed by atoms with Crippen LogP contribution in [0.15, 0.2) is 12.4 Å². The lowest BCUT2D eigenvalue weighted by Crippen LogP contribution is -1.86. The van der Waals surface area contributed by atoms with Crippen molar-refractivity contribution in [3.63, 3.8) is 0 Å². The van der Waals surface area contributed by atoms with E-state index in [0.717, 1.165) is 12.2 Å². The Labute approximate surface area is 52.9 Å². The van der Waals surface area contributed by atoms with E-state index < -0.39 is 0 Å². The lowest BCUT2D eigenvalue weighted by atomic mass is 10.5. The van der Waals surface area contributed by atoms with E-state index in [4.69, 9.17) is 11.6 Å². The first-order valence-corrected chi connectivity index (χ1v) is 3.01. The van der Waals surface area contributed by atoms with E-state index >= 15 is 0 Å². The van der Waals surface area contributed by atoms with Gasteiger partial charge in [0.2, 0.25) is 0 Å². The fraction of sp³-hybridized carbons (Fsp3) is 0.400. The predicted octanol–water partition coefficient (Wildman–Crippen LogP) is 1.19. The molecule has 1 heterocycles. The Morgan fingerprint density at radius 3 is 3.12 bits per heavy atom. The minimum absolute atomic E-state index is 0.632. The summed E-state index contributed by atoms with van der Waals surface area (Å²) in [6.07, 6.45) is 4.35. The highest BCUT2D eigenvalue weighted by molar-refractivity contribution is 6.17. The molecule has 0 bridgehead atoms. The van der Waals surface area contributed by atoms with Gasteiger partial charge in [-0.25, -0.2) is 4.98 Å². The Morgan fingerprint density at radius 2 is 2.62 bits per heavy atom. The average molecular weight is 131 g/mol. The van der Waals surface area contributed by atoms with Crippen molar-refractivity contribution in [3.8, 4) is 0 Å². The van der Waals surface area contributed by atoms with E-state index in [2.05, 4.69) is 9.97 Å². The largest absolute Gasteiger partial charge is 0.349 e. The summed E-state index contributed by atoms with van der Waals surface area (Å²) >= 11 is 5.43. The molecule has 0 spiro atoms. The molecular formula is C5H7ClN2. The van der Waals surface area contributed by atoms with Gasteiger partial charge in [0.25, 0.3) is 0 Å². The molecule has 0 radical (unpaired) electrons. The van der Waals surface area contributed by atoms with Crippen LogP contribution in [0.3, 0.4) is 0 Å². The number of hydrogen-bond acceptors (Lipinski definition) is 1. The number of aromatic amines is 1. The van der Waals surface area contributed by atoms with E-state index in [1.54, 1.807) is 12.4 Å². The van der Waals surface area contributed by atoms with Crippen LogP contribution in [0, 0.1) is 0 Å². The Kier molecular flexibility index (Phi) is 1.92. The maximum atomic E-state index is 5.43. The molecule has 0 saturated carbocycles. The van der Waals surface area contributed by atoms with Crippen molar-refractivity contribution in [2.45, 2.75) is 6.42 Å². The molecule has 1 N–H and O–H groups in total. The van der Waals surface area contributed by atoms with Crippen LogP contribution in [0.25, 0.3) is 0 Å². The van der Waals surface area contributed by atoms with Crippen molar-refractivity contribution < 1.29 is 0 Å². The van der Waals surface area contributed by atoms with Crippen LogP contribution in [-0.2, 0) is 6.42 Å². The predicted molar refractivity (Wildman–Crippen MR) is 33.0 cm³/mol. The fourth-order valence-corrected chi connectivity index (χ4v) is 0.703. The molecule has 0 aromatic carbocycles. The van der Waals surface area contributed by atoms with Crippen LogP contribution in [0.4, 0.5) is 0 Å². The Bertz CT molecular complexity index is 136. The van der Waals surface area contributed by atoms with E-state index in [1.165, 1.54) is 0 Å². The monoisotopic (exact) mass is 130 g/mol. The molecule has 0 atom stereocenters. The van der Waals surface area contributed by atoms with E-state index in [0.29, 0.717) is 5.88 Å². The van der Waals surface area contributed by atoms with Crippen molar-refractivity contribution in [3.05, 3.63) is 18.2 Å². The van der Waals surface area contributed by atoms with Gasteiger partial charge in [-0.1, -0.05) is 0 Å². The number of nitrogens with zero attached hydrogens (tertiary/aromatic N) is 1. The van der Waals surface area contributed by atoms with Crippen molar-refractivity contribution in [1.29, 1.82) is 0 Å². The van der Waals surface area contributed by atoms with Gasteiger partial charge in [0.05, 0.1) is 0 Å². The number of imidazole rings is 1. The molecule has 1 rings (SSSR count). The normalized spacial score (nSPS) is 9.62. The van der Waals surface area contributed by atoms with Gasteiger partial charge in [-0.05, 0) is 0 Å². The molecule has 0 fully saturated rings. The summed E-state index contributed by atoms with van der Waals surface area (Å²) in [5, 5.41) is 0. The van der Waals surface area contributed by atoms with Gasteiger partial charge >= 0.3 is 0 Å². The first-order valence-electron chi connectivity index (χ1n) is 2.47. The molecule has 0 amide bonds. The lowest BCUT2D eigenvalue weighted by molar-refractivity contribution is 0.996. The highest BCUT2D eigenvalue weighted by Gasteiger charge is 1.88. The summed E-state index contributed by atoms with van der Waals surface area (Å²) in [6, 6.07) is 0. The average Bonchev–Trinajstić information content (AvgIpc) is 2.19. The highest BCUT2D eigenvalue weighted by Crippen LogP contribution is 1.90. The number of rotatable bonds is 2. The number of alkyl halides is 1. The number of halogens is 1.